The number of hydrogen-bond acceptors (Lipinski definition) is 1. The highest BCUT2D eigenvalue weighted by Crippen LogP contribution is 2.39. The minimum absolute atomic E-state index is 0.717. The highest BCUT2D eigenvalue weighted by molar-refractivity contribution is 5.60. The molecule has 0 spiro atoms. The van der Waals surface area contributed by atoms with E-state index in [1.54, 1.807) is 5.56 Å². The molecule has 1 heterocycles. The van der Waals surface area contributed by atoms with E-state index in [0.29, 0.717) is 5.92 Å². The fourth-order valence-electron chi connectivity index (χ4n) is 3.44. The average molecular weight is 265 g/mol. The molecule has 0 N–H and O–H groups in total. The molecule has 0 saturated heterocycles. The lowest BCUT2D eigenvalue weighted by Crippen LogP contribution is -2.18. The Morgan fingerprint density at radius 1 is 1.10 bits per heavy atom. The van der Waals surface area contributed by atoms with Crippen LogP contribution in [0.25, 0.3) is 11.3 Å². The molecule has 0 bridgehead atoms. The summed E-state index contributed by atoms with van der Waals surface area (Å²) in [5, 5.41) is 0. The van der Waals surface area contributed by atoms with Gasteiger partial charge in [0.25, 0.3) is 0 Å². The fraction of sp³-hybridized carbons (Fsp3) is 0.421. The van der Waals surface area contributed by atoms with Crippen LogP contribution in [0.5, 0.6) is 0 Å². The van der Waals surface area contributed by atoms with E-state index in [0.717, 1.165) is 11.6 Å². The topological polar surface area (TPSA) is 12.9 Å². The smallest absolute Gasteiger partial charge is 0.0705 e. The molecule has 0 fully saturated rings. The van der Waals surface area contributed by atoms with Crippen molar-refractivity contribution in [1.82, 2.24) is 4.98 Å². The third-order valence-electron chi connectivity index (χ3n) is 4.73. The molecule has 1 aliphatic rings. The first-order valence-corrected chi connectivity index (χ1v) is 7.86. The van der Waals surface area contributed by atoms with Crippen molar-refractivity contribution < 1.29 is 0 Å². The van der Waals surface area contributed by atoms with Crippen molar-refractivity contribution in [2.45, 2.75) is 45.4 Å². The third kappa shape index (κ3) is 2.49. The van der Waals surface area contributed by atoms with Gasteiger partial charge >= 0.3 is 0 Å². The Labute approximate surface area is 122 Å². The number of pyridine rings is 1. The Morgan fingerprint density at radius 2 is 1.90 bits per heavy atom. The average Bonchev–Trinajstić information content (AvgIpc) is 2.54. The first-order valence-electron chi connectivity index (χ1n) is 7.86. The predicted molar refractivity (Wildman–Crippen MR) is 84.8 cm³/mol. The highest BCUT2D eigenvalue weighted by atomic mass is 14.7. The first-order chi connectivity index (χ1) is 9.81. The van der Waals surface area contributed by atoms with Crippen LogP contribution in [0, 0.1) is 5.92 Å². The molecule has 1 nitrogen and oxygen atoms in total. The number of nitrogens with zero attached hydrogens (tertiary/aromatic N) is 1. The Kier molecular flexibility index (Phi) is 3.86. The van der Waals surface area contributed by atoms with E-state index in [1.165, 1.54) is 36.8 Å². The van der Waals surface area contributed by atoms with Crippen LogP contribution in [-0.2, 0) is 6.42 Å². The Morgan fingerprint density at radius 3 is 2.60 bits per heavy atom. The van der Waals surface area contributed by atoms with Crippen LogP contribution in [0.4, 0.5) is 0 Å². The van der Waals surface area contributed by atoms with Crippen LogP contribution in [0.1, 0.15) is 50.2 Å². The maximum atomic E-state index is 4.70. The second kappa shape index (κ2) is 5.78. The van der Waals surface area contributed by atoms with Gasteiger partial charge in [-0.15, -0.1) is 0 Å². The summed E-state index contributed by atoms with van der Waals surface area (Å²) >= 11 is 0. The summed E-state index contributed by atoms with van der Waals surface area (Å²) in [6.07, 6.45) is 7.21. The van der Waals surface area contributed by atoms with E-state index in [4.69, 9.17) is 4.98 Å². The lowest BCUT2D eigenvalue weighted by molar-refractivity contribution is 0.385. The molecule has 0 aliphatic heterocycles. The summed E-state index contributed by atoms with van der Waals surface area (Å²) in [5.74, 6) is 1.56. The van der Waals surface area contributed by atoms with Crippen LogP contribution < -0.4 is 0 Å². The fourth-order valence-corrected chi connectivity index (χ4v) is 3.44. The summed E-state index contributed by atoms with van der Waals surface area (Å²) < 4.78 is 0. The molecule has 0 saturated carbocycles. The Bertz CT molecular complexity index is 574. The van der Waals surface area contributed by atoms with Gasteiger partial charge in [0.1, 0.15) is 0 Å². The van der Waals surface area contributed by atoms with Crippen molar-refractivity contribution in [3.8, 4) is 11.3 Å². The van der Waals surface area contributed by atoms with Crippen LogP contribution in [0.15, 0.2) is 42.6 Å². The van der Waals surface area contributed by atoms with Gasteiger partial charge in [-0.2, -0.15) is 0 Å². The molecule has 1 aromatic heterocycles. The van der Waals surface area contributed by atoms with Crippen LogP contribution in [-0.4, -0.2) is 4.98 Å². The maximum absolute atomic E-state index is 4.70. The zero-order valence-corrected chi connectivity index (χ0v) is 12.5. The van der Waals surface area contributed by atoms with E-state index < -0.39 is 0 Å². The Balaban J connectivity index is 2.00. The van der Waals surface area contributed by atoms with E-state index in [1.807, 2.05) is 0 Å². The standard InChI is InChI=1S/C19H23N/c1-3-14-10-15(4-2)18-12-19(20-13-17(18)11-14)16-8-6-5-7-9-16/h5-9,12-15H,3-4,10-11H2,1-2H3/t14-,15+/m0/s1. The van der Waals surface area contributed by atoms with Gasteiger partial charge in [0.15, 0.2) is 0 Å². The molecular formula is C19H23N. The van der Waals surface area contributed by atoms with Gasteiger partial charge in [-0.05, 0) is 48.3 Å². The molecule has 104 valence electrons. The predicted octanol–water partition coefficient (Wildman–Crippen LogP) is 5.21. The SMILES string of the molecule is CC[C@@H]1Cc2cnc(-c3ccccc3)cc2[C@H](CC)C1. The number of aromatic nitrogens is 1. The summed E-state index contributed by atoms with van der Waals surface area (Å²) in [4.78, 5) is 4.70. The van der Waals surface area contributed by atoms with Gasteiger partial charge in [-0.3, -0.25) is 4.98 Å². The van der Waals surface area contributed by atoms with Crippen LogP contribution >= 0.6 is 0 Å². The van der Waals surface area contributed by atoms with Gasteiger partial charge < -0.3 is 0 Å². The number of benzene rings is 1. The zero-order valence-electron chi connectivity index (χ0n) is 12.5. The van der Waals surface area contributed by atoms with Crippen LogP contribution in [0.3, 0.4) is 0 Å². The molecule has 1 heteroatoms. The molecule has 1 aromatic carbocycles. The third-order valence-corrected chi connectivity index (χ3v) is 4.73. The van der Waals surface area contributed by atoms with Crippen molar-refractivity contribution in [2.24, 2.45) is 5.92 Å². The molecule has 0 radical (unpaired) electrons. The zero-order chi connectivity index (χ0) is 13.9. The summed E-state index contributed by atoms with van der Waals surface area (Å²) in [6, 6.07) is 12.9. The van der Waals surface area contributed by atoms with E-state index in [9.17, 15) is 0 Å². The molecule has 3 rings (SSSR count). The van der Waals surface area contributed by atoms with Gasteiger partial charge in [0.2, 0.25) is 0 Å². The van der Waals surface area contributed by atoms with E-state index in [2.05, 4.69) is 56.4 Å². The number of fused-ring (bicyclic) bond motifs is 1. The molecule has 1 aliphatic carbocycles. The second-order valence-corrected chi connectivity index (χ2v) is 5.95. The lowest BCUT2D eigenvalue weighted by atomic mass is 9.75. The summed E-state index contributed by atoms with van der Waals surface area (Å²) in [5.41, 5.74) is 5.38. The molecular weight excluding hydrogens is 242 g/mol. The van der Waals surface area contributed by atoms with E-state index >= 15 is 0 Å². The van der Waals surface area contributed by atoms with Gasteiger partial charge in [0, 0.05) is 11.8 Å². The monoisotopic (exact) mass is 265 g/mol. The summed E-state index contributed by atoms with van der Waals surface area (Å²) in [6.45, 7) is 4.63. The van der Waals surface area contributed by atoms with Gasteiger partial charge in [-0.1, -0.05) is 50.6 Å². The number of hydrogen-bond donors (Lipinski definition) is 0. The van der Waals surface area contributed by atoms with E-state index in [-0.39, 0.29) is 0 Å². The van der Waals surface area contributed by atoms with Gasteiger partial charge in [-0.25, -0.2) is 0 Å². The van der Waals surface area contributed by atoms with Crippen molar-refractivity contribution in [3.63, 3.8) is 0 Å². The highest BCUT2D eigenvalue weighted by Gasteiger charge is 2.25. The second-order valence-electron chi connectivity index (χ2n) is 5.95. The van der Waals surface area contributed by atoms with Crippen molar-refractivity contribution in [2.75, 3.05) is 0 Å². The molecule has 2 aromatic rings. The minimum atomic E-state index is 0.717. The summed E-state index contributed by atoms with van der Waals surface area (Å²) in [7, 11) is 0. The molecule has 0 unspecified atom stereocenters. The largest absolute Gasteiger partial charge is 0.256 e. The normalized spacial score (nSPS) is 21.5. The van der Waals surface area contributed by atoms with Crippen molar-refractivity contribution in [3.05, 3.63) is 53.7 Å². The number of rotatable bonds is 3. The quantitative estimate of drug-likeness (QED) is 0.742. The lowest BCUT2D eigenvalue weighted by Gasteiger charge is -2.30. The minimum Gasteiger partial charge on any atom is -0.256 e. The van der Waals surface area contributed by atoms with Crippen molar-refractivity contribution in [1.29, 1.82) is 0 Å². The Hall–Kier alpha value is -1.63. The molecule has 0 amide bonds. The van der Waals surface area contributed by atoms with Crippen LogP contribution in [0.2, 0.25) is 0 Å². The molecule has 20 heavy (non-hydrogen) atoms. The maximum Gasteiger partial charge on any atom is 0.0705 e. The van der Waals surface area contributed by atoms with Gasteiger partial charge in [0.05, 0.1) is 5.69 Å². The van der Waals surface area contributed by atoms with Crippen molar-refractivity contribution >= 4 is 0 Å². The first kappa shape index (κ1) is 13.4. The molecule has 2 atom stereocenters.